The van der Waals surface area contributed by atoms with E-state index in [9.17, 15) is 0 Å². The van der Waals surface area contributed by atoms with Crippen LogP contribution in [-0.4, -0.2) is 41.8 Å². The number of nitrogens with two attached hydrogens (primary N) is 1. The zero-order chi connectivity index (χ0) is 9.80. The Bertz CT molecular complexity index is 150. The van der Waals surface area contributed by atoms with E-state index >= 15 is 0 Å². The molecule has 0 amide bonds. The Balaban J connectivity index is 1.82. The quantitative estimate of drug-likeness (QED) is 0.785. The summed E-state index contributed by atoms with van der Waals surface area (Å²) in [4.78, 5) is 0. The summed E-state index contributed by atoms with van der Waals surface area (Å²) in [5.41, 5.74) is 6.31. The maximum Gasteiger partial charge on any atom is 0.0509 e. The maximum absolute atomic E-state index is 6.31. The highest BCUT2D eigenvalue weighted by atomic mass is 32.2. The Morgan fingerprint density at radius 1 is 1.36 bits per heavy atom. The van der Waals surface area contributed by atoms with Crippen LogP contribution in [0, 0.1) is 5.92 Å². The van der Waals surface area contributed by atoms with Gasteiger partial charge in [-0.3, -0.25) is 0 Å². The van der Waals surface area contributed by atoms with Crippen LogP contribution >= 0.6 is 23.5 Å². The predicted octanol–water partition coefficient (Wildman–Crippen LogP) is 1.59. The molecule has 4 heteroatoms. The molecule has 2 heterocycles. The van der Waals surface area contributed by atoms with Crippen molar-refractivity contribution in [1.29, 1.82) is 0 Å². The lowest BCUT2D eigenvalue weighted by Gasteiger charge is -2.34. The molecule has 0 aliphatic carbocycles. The first-order valence-corrected chi connectivity index (χ1v) is 7.61. The van der Waals surface area contributed by atoms with Crippen LogP contribution in [0.1, 0.15) is 12.8 Å². The van der Waals surface area contributed by atoms with Gasteiger partial charge in [0.25, 0.3) is 0 Å². The van der Waals surface area contributed by atoms with Crippen LogP contribution in [0.5, 0.6) is 0 Å². The average Bonchev–Trinajstić information content (AvgIpc) is 2.30. The lowest BCUT2D eigenvalue weighted by atomic mass is 9.92. The molecule has 2 nitrogen and oxygen atoms in total. The van der Waals surface area contributed by atoms with E-state index in [-0.39, 0.29) is 0 Å². The molecule has 2 rings (SSSR count). The molecule has 2 aliphatic rings. The van der Waals surface area contributed by atoms with Crippen LogP contribution in [0.3, 0.4) is 0 Å². The second-order valence-corrected chi connectivity index (χ2v) is 6.54. The van der Waals surface area contributed by atoms with Crippen molar-refractivity contribution >= 4 is 23.5 Å². The van der Waals surface area contributed by atoms with Gasteiger partial charge in [0.1, 0.15) is 0 Å². The van der Waals surface area contributed by atoms with E-state index in [4.69, 9.17) is 10.5 Å². The largest absolute Gasteiger partial charge is 0.381 e. The number of hydrogen-bond acceptors (Lipinski definition) is 4. The molecule has 82 valence electrons. The topological polar surface area (TPSA) is 35.2 Å². The molecule has 0 radical (unpaired) electrons. The van der Waals surface area contributed by atoms with E-state index < -0.39 is 0 Å². The fourth-order valence-corrected chi connectivity index (χ4v) is 5.00. The molecule has 0 saturated carbocycles. The van der Waals surface area contributed by atoms with Gasteiger partial charge in [0.15, 0.2) is 0 Å². The maximum atomic E-state index is 6.31. The minimum atomic E-state index is 0.355. The van der Waals surface area contributed by atoms with Gasteiger partial charge in [0.05, 0.1) is 6.61 Å². The van der Waals surface area contributed by atoms with Crippen LogP contribution < -0.4 is 5.73 Å². The van der Waals surface area contributed by atoms with Crippen molar-refractivity contribution in [3.05, 3.63) is 0 Å². The summed E-state index contributed by atoms with van der Waals surface area (Å²) in [5.74, 6) is 4.42. The smallest absolute Gasteiger partial charge is 0.0509 e. The highest BCUT2D eigenvalue weighted by Crippen LogP contribution is 2.30. The van der Waals surface area contributed by atoms with Gasteiger partial charge in [0.2, 0.25) is 0 Å². The first kappa shape index (κ1) is 11.1. The molecule has 0 aromatic rings. The standard InChI is InChI=1S/C10H19NOS2/c11-10(8-2-1-3-12-6-8)9-7-13-4-5-14-9/h8-10H,1-7,11H2. The second-order valence-electron chi connectivity index (χ2n) is 4.04. The van der Waals surface area contributed by atoms with Crippen molar-refractivity contribution in [2.24, 2.45) is 11.7 Å². The molecule has 2 N–H and O–H groups in total. The minimum absolute atomic E-state index is 0.355. The molecular formula is C10H19NOS2. The molecule has 14 heavy (non-hydrogen) atoms. The molecule has 0 bridgehead atoms. The third-order valence-corrected chi connectivity index (χ3v) is 5.92. The van der Waals surface area contributed by atoms with Crippen molar-refractivity contribution < 1.29 is 4.74 Å². The zero-order valence-electron chi connectivity index (χ0n) is 8.48. The summed E-state index contributed by atoms with van der Waals surface area (Å²) >= 11 is 4.12. The van der Waals surface area contributed by atoms with E-state index in [0.717, 1.165) is 13.2 Å². The van der Waals surface area contributed by atoms with Crippen molar-refractivity contribution in [2.75, 3.05) is 30.5 Å². The first-order valence-electron chi connectivity index (χ1n) is 5.40. The van der Waals surface area contributed by atoms with Crippen molar-refractivity contribution in [1.82, 2.24) is 0 Å². The third-order valence-electron chi connectivity index (χ3n) is 3.01. The SMILES string of the molecule is NC(C1CCCOC1)C1CSCCS1. The predicted molar refractivity (Wildman–Crippen MR) is 65.1 cm³/mol. The van der Waals surface area contributed by atoms with E-state index in [1.807, 2.05) is 0 Å². The number of rotatable bonds is 2. The zero-order valence-corrected chi connectivity index (χ0v) is 10.1. The Kier molecular flexibility index (Phi) is 4.47. The Hall–Kier alpha value is 0.620. The van der Waals surface area contributed by atoms with Crippen LogP contribution in [0.2, 0.25) is 0 Å². The van der Waals surface area contributed by atoms with Crippen LogP contribution in [-0.2, 0) is 4.74 Å². The summed E-state index contributed by atoms with van der Waals surface area (Å²) < 4.78 is 5.50. The molecule has 2 aliphatic heterocycles. The lowest BCUT2D eigenvalue weighted by Crippen LogP contribution is -2.45. The van der Waals surface area contributed by atoms with Crippen molar-refractivity contribution in [3.63, 3.8) is 0 Å². The van der Waals surface area contributed by atoms with Crippen molar-refractivity contribution in [3.8, 4) is 0 Å². The summed E-state index contributed by atoms with van der Waals surface area (Å²) in [6.45, 7) is 1.83. The average molecular weight is 233 g/mol. The fourth-order valence-electron chi connectivity index (χ4n) is 2.10. The summed E-state index contributed by atoms with van der Waals surface area (Å²) in [7, 11) is 0. The van der Waals surface area contributed by atoms with Gasteiger partial charge < -0.3 is 10.5 Å². The molecule has 3 unspecified atom stereocenters. The molecular weight excluding hydrogens is 214 g/mol. The van der Waals surface area contributed by atoms with Gasteiger partial charge in [-0.15, -0.1) is 0 Å². The summed E-state index contributed by atoms with van der Waals surface area (Å²) in [5, 5.41) is 0.667. The van der Waals surface area contributed by atoms with Gasteiger partial charge >= 0.3 is 0 Å². The van der Waals surface area contributed by atoms with Crippen LogP contribution in [0.15, 0.2) is 0 Å². The van der Waals surface area contributed by atoms with E-state index in [0.29, 0.717) is 17.2 Å². The molecule has 3 atom stereocenters. The van der Waals surface area contributed by atoms with E-state index in [1.165, 1.54) is 30.1 Å². The monoisotopic (exact) mass is 233 g/mol. The van der Waals surface area contributed by atoms with Gasteiger partial charge in [-0.1, -0.05) is 0 Å². The fraction of sp³-hybridized carbons (Fsp3) is 1.00. The second kappa shape index (κ2) is 5.64. The summed E-state index contributed by atoms with van der Waals surface area (Å²) in [6, 6.07) is 0.355. The Morgan fingerprint density at radius 2 is 2.29 bits per heavy atom. The number of ether oxygens (including phenoxy) is 1. The van der Waals surface area contributed by atoms with Gasteiger partial charge in [0, 0.05) is 35.2 Å². The Morgan fingerprint density at radius 3 is 2.93 bits per heavy atom. The highest BCUT2D eigenvalue weighted by Gasteiger charge is 2.29. The van der Waals surface area contributed by atoms with Crippen LogP contribution in [0.4, 0.5) is 0 Å². The third kappa shape index (κ3) is 2.81. The molecule has 0 aromatic carbocycles. The molecule has 2 saturated heterocycles. The number of hydrogen-bond donors (Lipinski definition) is 1. The van der Waals surface area contributed by atoms with Crippen molar-refractivity contribution in [2.45, 2.75) is 24.1 Å². The molecule has 2 fully saturated rings. The Labute approximate surface area is 94.7 Å². The van der Waals surface area contributed by atoms with Gasteiger partial charge in [-0.05, 0) is 18.8 Å². The lowest BCUT2D eigenvalue weighted by molar-refractivity contribution is 0.0453. The number of thioether (sulfide) groups is 2. The molecule has 0 aromatic heterocycles. The van der Waals surface area contributed by atoms with Gasteiger partial charge in [-0.2, -0.15) is 23.5 Å². The minimum Gasteiger partial charge on any atom is -0.381 e. The molecule has 0 spiro atoms. The summed E-state index contributed by atoms with van der Waals surface area (Å²) in [6.07, 6.45) is 2.46. The normalized spacial score (nSPS) is 36.6. The van der Waals surface area contributed by atoms with E-state index in [1.54, 1.807) is 0 Å². The first-order chi connectivity index (χ1) is 6.88. The van der Waals surface area contributed by atoms with Crippen LogP contribution in [0.25, 0.3) is 0 Å². The van der Waals surface area contributed by atoms with E-state index in [2.05, 4.69) is 23.5 Å². The highest BCUT2D eigenvalue weighted by molar-refractivity contribution is 8.06. The van der Waals surface area contributed by atoms with Gasteiger partial charge in [-0.25, -0.2) is 0 Å².